The molecule has 0 atom stereocenters. The highest BCUT2D eigenvalue weighted by Crippen LogP contribution is 2.20. The van der Waals surface area contributed by atoms with Crippen LogP contribution in [-0.2, 0) is 6.54 Å². The Morgan fingerprint density at radius 1 is 1.24 bits per heavy atom. The lowest BCUT2D eigenvalue weighted by atomic mass is 10.1. The maximum Gasteiger partial charge on any atom is 0.122 e. The zero-order chi connectivity index (χ0) is 12.3. The van der Waals surface area contributed by atoms with Crippen LogP contribution < -0.4 is 4.74 Å². The number of nitrogens with zero attached hydrogens (tertiary/aromatic N) is 2. The fourth-order valence-corrected chi connectivity index (χ4v) is 1.72. The summed E-state index contributed by atoms with van der Waals surface area (Å²) in [6.45, 7) is 7.64. The summed E-state index contributed by atoms with van der Waals surface area (Å²) in [7, 11) is 0. The molecule has 1 aromatic carbocycles. The standard InChI is InChI=1S/C14H18N2O/c1-11-9-15-16(10-11)7-8-17-14-6-4-5-12(2)13(14)3/h4-6,9-10H,7-8H2,1-3H3. The highest BCUT2D eigenvalue weighted by atomic mass is 16.5. The van der Waals surface area contributed by atoms with E-state index in [4.69, 9.17) is 4.74 Å². The van der Waals surface area contributed by atoms with Gasteiger partial charge in [0, 0.05) is 6.20 Å². The van der Waals surface area contributed by atoms with Crippen molar-refractivity contribution in [3.8, 4) is 5.75 Å². The van der Waals surface area contributed by atoms with Crippen LogP contribution >= 0.6 is 0 Å². The third kappa shape index (κ3) is 2.87. The van der Waals surface area contributed by atoms with Crippen molar-refractivity contribution in [2.24, 2.45) is 0 Å². The molecule has 0 saturated heterocycles. The number of aromatic nitrogens is 2. The molecule has 0 fully saturated rings. The van der Waals surface area contributed by atoms with E-state index in [1.165, 1.54) is 16.7 Å². The van der Waals surface area contributed by atoms with Gasteiger partial charge in [0.15, 0.2) is 0 Å². The van der Waals surface area contributed by atoms with Crippen LogP contribution in [0.3, 0.4) is 0 Å². The molecule has 0 saturated carbocycles. The Morgan fingerprint density at radius 3 is 2.76 bits per heavy atom. The first kappa shape index (κ1) is 11.7. The topological polar surface area (TPSA) is 27.1 Å². The molecule has 0 N–H and O–H groups in total. The molecule has 0 radical (unpaired) electrons. The third-order valence-electron chi connectivity index (χ3n) is 2.90. The van der Waals surface area contributed by atoms with Gasteiger partial charge in [-0.2, -0.15) is 5.10 Å². The predicted octanol–water partition coefficient (Wildman–Crippen LogP) is 2.89. The summed E-state index contributed by atoms with van der Waals surface area (Å²) in [6, 6.07) is 6.13. The molecule has 0 aliphatic carbocycles. The summed E-state index contributed by atoms with van der Waals surface area (Å²) < 4.78 is 7.67. The maximum absolute atomic E-state index is 5.77. The van der Waals surface area contributed by atoms with E-state index in [2.05, 4.69) is 25.0 Å². The zero-order valence-corrected chi connectivity index (χ0v) is 10.6. The average Bonchev–Trinajstić information content (AvgIpc) is 2.70. The molecule has 0 aliphatic rings. The summed E-state index contributed by atoms with van der Waals surface area (Å²) in [5.41, 5.74) is 3.65. The Morgan fingerprint density at radius 2 is 2.06 bits per heavy atom. The first-order valence-electron chi connectivity index (χ1n) is 5.85. The van der Waals surface area contributed by atoms with E-state index < -0.39 is 0 Å². The van der Waals surface area contributed by atoms with Crippen LogP contribution in [0.4, 0.5) is 0 Å². The van der Waals surface area contributed by atoms with E-state index in [0.29, 0.717) is 6.61 Å². The number of hydrogen-bond donors (Lipinski definition) is 0. The average molecular weight is 230 g/mol. The van der Waals surface area contributed by atoms with Crippen LogP contribution in [0, 0.1) is 20.8 Å². The highest BCUT2D eigenvalue weighted by Gasteiger charge is 2.01. The first-order chi connectivity index (χ1) is 8.16. The van der Waals surface area contributed by atoms with Gasteiger partial charge in [-0.15, -0.1) is 0 Å². The van der Waals surface area contributed by atoms with Gasteiger partial charge in [0.05, 0.1) is 12.7 Å². The van der Waals surface area contributed by atoms with Crippen molar-refractivity contribution >= 4 is 0 Å². The van der Waals surface area contributed by atoms with Crippen molar-refractivity contribution in [2.45, 2.75) is 27.3 Å². The molecule has 17 heavy (non-hydrogen) atoms. The lowest BCUT2D eigenvalue weighted by Crippen LogP contribution is -2.09. The molecule has 90 valence electrons. The van der Waals surface area contributed by atoms with Gasteiger partial charge in [-0.1, -0.05) is 12.1 Å². The molecule has 0 aliphatic heterocycles. The van der Waals surface area contributed by atoms with Crippen LogP contribution in [0.5, 0.6) is 5.75 Å². The molecule has 2 rings (SSSR count). The summed E-state index contributed by atoms with van der Waals surface area (Å²) >= 11 is 0. The van der Waals surface area contributed by atoms with Crippen LogP contribution in [0.25, 0.3) is 0 Å². The van der Waals surface area contributed by atoms with E-state index in [1.807, 2.05) is 36.1 Å². The highest BCUT2D eigenvalue weighted by molar-refractivity contribution is 5.38. The molecule has 0 spiro atoms. The Hall–Kier alpha value is -1.77. The second-order valence-electron chi connectivity index (χ2n) is 4.33. The lowest BCUT2D eigenvalue weighted by molar-refractivity contribution is 0.289. The number of benzene rings is 1. The fraction of sp³-hybridized carbons (Fsp3) is 0.357. The number of aryl methyl sites for hydroxylation is 2. The second-order valence-corrected chi connectivity index (χ2v) is 4.33. The summed E-state index contributed by atoms with van der Waals surface area (Å²) in [6.07, 6.45) is 3.88. The van der Waals surface area contributed by atoms with Crippen molar-refractivity contribution < 1.29 is 4.74 Å². The van der Waals surface area contributed by atoms with Crippen molar-refractivity contribution in [1.82, 2.24) is 9.78 Å². The molecule has 0 amide bonds. The molecule has 2 aromatic rings. The lowest BCUT2D eigenvalue weighted by Gasteiger charge is -2.10. The minimum absolute atomic E-state index is 0.644. The van der Waals surface area contributed by atoms with Crippen molar-refractivity contribution in [3.63, 3.8) is 0 Å². The minimum Gasteiger partial charge on any atom is -0.491 e. The molecule has 0 unspecified atom stereocenters. The van der Waals surface area contributed by atoms with Gasteiger partial charge in [0.25, 0.3) is 0 Å². The van der Waals surface area contributed by atoms with E-state index in [0.717, 1.165) is 12.3 Å². The zero-order valence-electron chi connectivity index (χ0n) is 10.6. The van der Waals surface area contributed by atoms with Gasteiger partial charge < -0.3 is 4.74 Å². The van der Waals surface area contributed by atoms with Crippen LogP contribution in [0.2, 0.25) is 0 Å². The van der Waals surface area contributed by atoms with Crippen LogP contribution in [-0.4, -0.2) is 16.4 Å². The molecule has 3 nitrogen and oxygen atoms in total. The van der Waals surface area contributed by atoms with Gasteiger partial charge >= 0.3 is 0 Å². The van der Waals surface area contributed by atoms with Gasteiger partial charge in [0.1, 0.15) is 12.4 Å². The summed E-state index contributed by atoms with van der Waals surface area (Å²) in [5, 5.41) is 4.22. The van der Waals surface area contributed by atoms with Crippen molar-refractivity contribution in [3.05, 3.63) is 47.3 Å². The number of hydrogen-bond acceptors (Lipinski definition) is 2. The molecule has 1 heterocycles. The SMILES string of the molecule is Cc1cnn(CCOc2cccc(C)c2C)c1. The van der Waals surface area contributed by atoms with Crippen molar-refractivity contribution in [1.29, 1.82) is 0 Å². The van der Waals surface area contributed by atoms with Crippen LogP contribution in [0.15, 0.2) is 30.6 Å². The molecule has 1 aromatic heterocycles. The van der Waals surface area contributed by atoms with E-state index in [1.54, 1.807) is 0 Å². The summed E-state index contributed by atoms with van der Waals surface area (Å²) in [5.74, 6) is 0.967. The Balaban J connectivity index is 1.92. The van der Waals surface area contributed by atoms with E-state index in [9.17, 15) is 0 Å². The van der Waals surface area contributed by atoms with Gasteiger partial charge in [-0.3, -0.25) is 4.68 Å². The minimum atomic E-state index is 0.644. The Bertz CT molecular complexity index is 503. The molecule has 0 bridgehead atoms. The Labute approximate surface area is 102 Å². The number of ether oxygens (including phenoxy) is 1. The van der Waals surface area contributed by atoms with Crippen molar-refractivity contribution in [2.75, 3.05) is 6.61 Å². The van der Waals surface area contributed by atoms with Gasteiger partial charge in [0.2, 0.25) is 0 Å². The van der Waals surface area contributed by atoms with E-state index >= 15 is 0 Å². The normalized spacial score (nSPS) is 10.5. The maximum atomic E-state index is 5.77. The molecular weight excluding hydrogens is 212 g/mol. The fourth-order valence-electron chi connectivity index (χ4n) is 1.72. The Kier molecular flexibility index (Phi) is 3.47. The van der Waals surface area contributed by atoms with Crippen LogP contribution in [0.1, 0.15) is 16.7 Å². The second kappa shape index (κ2) is 5.04. The quantitative estimate of drug-likeness (QED) is 0.807. The van der Waals surface area contributed by atoms with Gasteiger partial charge in [-0.25, -0.2) is 0 Å². The molecule has 3 heteroatoms. The smallest absolute Gasteiger partial charge is 0.122 e. The third-order valence-corrected chi connectivity index (χ3v) is 2.90. The first-order valence-corrected chi connectivity index (χ1v) is 5.85. The van der Waals surface area contributed by atoms with E-state index in [-0.39, 0.29) is 0 Å². The summed E-state index contributed by atoms with van der Waals surface area (Å²) in [4.78, 5) is 0. The van der Waals surface area contributed by atoms with Gasteiger partial charge in [-0.05, 0) is 43.5 Å². The largest absolute Gasteiger partial charge is 0.491 e. The molecular formula is C14H18N2O. The predicted molar refractivity (Wildman–Crippen MR) is 68.4 cm³/mol. The monoisotopic (exact) mass is 230 g/mol. The number of rotatable bonds is 4.